The van der Waals surface area contributed by atoms with Gasteiger partial charge in [0, 0.05) is 27.8 Å². The second-order valence-corrected chi connectivity index (χ2v) is 13.5. The third kappa shape index (κ3) is 3.94. The van der Waals surface area contributed by atoms with Gasteiger partial charge in [0.1, 0.15) is 18.2 Å². The van der Waals surface area contributed by atoms with E-state index in [4.69, 9.17) is 4.42 Å². The SMILES string of the molecule is Cc1cc(-c2c(C)ccc3c2oc2ccc4c(c23)C(CC(C)C)(CC(C)C)c2ccccc2-4)[n+](C)cc1C(C)C. The minimum Gasteiger partial charge on any atom is -0.455 e. The molecule has 1 aliphatic carbocycles. The molecule has 0 radical (unpaired) electrons. The van der Waals surface area contributed by atoms with E-state index in [-0.39, 0.29) is 5.41 Å². The summed E-state index contributed by atoms with van der Waals surface area (Å²) in [4.78, 5) is 0. The normalized spacial score (nSPS) is 14.2. The summed E-state index contributed by atoms with van der Waals surface area (Å²) < 4.78 is 9.20. The van der Waals surface area contributed by atoms with Crippen molar-refractivity contribution in [2.24, 2.45) is 18.9 Å². The maximum Gasteiger partial charge on any atom is 0.216 e. The second kappa shape index (κ2) is 9.61. The van der Waals surface area contributed by atoms with Gasteiger partial charge in [0.25, 0.3) is 0 Å². The lowest BCUT2D eigenvalue weighted by Gasteiger charge is -2.36. The van der Waals surface area contributed by atoms with Crippen LogP contribution in [-0.2, 0) is 12.5 Å². The van der Waals surface area contributed by atoms with Crippen LogP contribution in [0.1, 0.15) is 88.1 Å². The highest BCUT2D eigenvalue weighted by atomic mass is 16.3. The summed E-state index contributed by atoms with van der Waals surface area (Å²) in [7, 11) is 2.17. The standard InChI is InChI=1S/C38H44NO/c1-22(2)19-38(20-23(3)4)31-13-11-10-12-27(31)28-16-17-33-35(36(28)38)29-15-14-25(7)34(37(29)40-33)32-18-26(8)30(24(5)6)21-39(32)9/h10-18,21-24H,19-20H2,1-9H3/q+1. The average molecular weight is 531 g/mol. The molecule has 2 heterocycles. The smallest absolute Gasteiger partial charge is 0.216 e. The minimum absolute atomic E-state index is 0.0320. The molecule has 0 aliphatic heterocycles. The second-order valence-electron chi connectivity index (χ2n) is 13.5. The van der Waals surface area contributed by atoms with Crippen molar-refractivity contribution in [3.05, 3.63) is 88.6 Å². The third-order valence-electron chi connectivity index (χ3n) is 9.14. The summed E-state index contributed by atoms with van der Waals surface area (Å²) in [5.41, 5.74) is 14.1. The molecule has 0 saturated carbocycles. The van der Waals surface area contributed by atoms with Crippen LogP contribution in [0.15, 0.2) is 65.2 Å². The predicted molar refractivity (Wildman–Crippen MR) is 169 cm³/mol. The van der Waals surface area contributed by atoms with Crippen LogP contribution < -0.4 is 4.57 Å². The summed E-state index contributed by atoms with van der Waals surface area (Å²) in [5.74, 6) is 1.64. The van der Waals surface area contributed by atoms with Crippen molar-refractivity contribution in [1.82, 2.24) is 0 Å². The number of nitrogens with zero attached hydrogens (tertiary/aromatic N) is 1. The topological polar surface area (TPSA) is 17.0 Å². The molecule has 0 amide bonds. The van der Waals surface area contributed by atoms with E-state index in [1.807, 2.05) is 0 Å². The number of hydrogen-bond donors (Lipinski definition) is 0. The first-order valence-corrected chi connectivity index (χ1v) is 15.1. The number of aryl methyl sites for hydroxylation is 3. The van der Waals surface area contributed by atoms with E-state index in [9.17, 15) is 0 Å². The number of aromatic nitrogens is 1. The average Bonchev–Trinajstić information content (AvgIpc) is 3.38. The Labute approximate surface area is 240 Å². The molecule has 0 bridgehead atoms. The maximum atomic E-state index is 6.91. The fraction of sp³-hybridized carbons (Fsp3) is 0.395. The Hall–Kier alpha value is -3.39. The molecule has 1 aliphatic rings. The Morgan fingerprint density at radius 3 is 2.17 bits per heavy atom. The Kier molecular flexibility index (Phi) is 6.44. The molecule has 5 aromatic rings. The van der Waals surface area contributed by atoms with Crippen LogP contribution in [0.4, 0.5) is 0 Å². The number of hydrogen-bond acceptors (Lipinski definition) is 1. The van der Waals surface area contributed by atoms with Gasteiger partial charge in [-0.15, -0.1) is 0 Å². The molecule has 2 aromatic heterocycles. The zero-order valence-electron chi connectivity index (χ0n) is 25.8. The van der Waals surface area contributed by atoms with Crippen LogP contribution in [-0.4, -0.2) is 0 Å². The quantitative estimate of drug-likeness (QED) is 0.200. The van der Waals surface area contributed by atoms with E-state index in [1.165, 1.54) is 61.0 Å². The molecule has 40 heavy (non-hydrogen) atoms. The lowest BCUT2D eigenvalue weighted by Crippen LogP contribution is -2.32. The molecule has 2 heteroatoms. The zero-order valence-corrected chi connectivity index (χ0v) is 25.8. The lowest BCUT2D eigenvalue weighted by atomic mass is 9.67. The van der Waals surface area contributed by atoms with Gasteiger partial charge in [-0.1, -0.05) is 84.0 Å². The Morgan fingerprint density at radius 2 is 1.50 bits per heavy atom. The number of pyridine rings is 1. The molecule has 0 atom stereocenters. The molecular weight excluding hydrogens is 486 g/mol. The van der Waals surface area contributed by atoms with Crippen molar-refractivity contribution in [2.75, 3.05) is 0 Å². The fourth-order valence-corrected chi connectivity index (χ4v) is 7.86. The summed E-state index contributed by atoms with van der Waals surface area (Å²) in [6.07, 6.45) is 4.57. The van der Waals surface area contributed by atoms with Crippen molar-refractivity contribution in [3.8, 4) is 22.4 Å². The van der Waals surface area contributed by atoms with Gasteiger partial charge < -0.3 is 4.42 Å². The van der Waals surface area contributed by atoms with E-state index in [1.54, 1.807) is 0 Å². The monoisotopic (exact) mass is 530 g/mol. The van der Waals surface area contributed by atoms with Crippen molar-refractivity contribution < 1.29 is 8.98 Å². The van der Waals surface area contributed by atoms with Gasteiger partial charge in [0.05, 0.1) is 5.56 Å². The molecule has 0 saturated heterocycles. The van der Waals surface area contributed by atoms with Gasteiger partial charge in [-0.3, -0.25) is 0 Å². The molecule has 6 rings (SSSR count). The van der Waals surface area contributed by atoms with Gasteiger partial charge in [-0.05, 0) is 83.9 Å². The highest BCUT2D eigenvalue weighted by Crippen LogP contribution is 2.58. The van der Waals surface area contributed by atoms with Crippen LogP contribution in [0.5, 0.6) is 0 Å². The highest BCUT2D eigenvalue weighted by molar-refractivity contribution is 6.14. The van der Waals surface area contributed by atoms with Crippen molar-refractivity contribution >= 4 is 21.9 Å². The van der Waals surface area contributed by atoms with E-state index in [2.05, 4.69) is 128 Å². The van der Waals surface area contributed by atoms with E-state index in [0.717, 1.165) is 24.0 Å². The van der Waals surface area contributed by atoms with Gasteiger partial charge >= 0.3 is 0 Å². The van der Waals surface area contributed by atoms with Gasteiger partial charge in [0.15, 0.2) is 6.20 Å². The largest absolute Gasteiger partial charge is 0.455 e. The summed E-state index contributed by atoms with van der Waals surface area (Å²) in [5, 5.41) is 2.55. The number of rotatable bonds is 6. The third-order valence-corrected chi connectivity index (χ3v) is 9.14. The minimum atomic E-state index is -0.0320. The Balaban J connectivity index is 1.72. The van der Waals surface area contributed by atoms with Gasteiger partial charge in [-0.25, -0.2) is 4.57 Å². The molecule has 0 spiro atoms. The molecule has 3 aromatic carbocycles. The van der Waals surface area contributed by atoms with E-state index < -0.39 is 0 Å². The number of benzene rings is 3. The molecule has 0 N–H and O–H groups in total. The number of fused-ring (bicyclic) bond motifs is 7. The number of furan rings is 1. The Morgan fingerprint density at radius 1 is 0.800 bits per heavy atom. The van der Waals surface area contributed by atoms with Gasteiger partial charge in [0.2, 0.25) is 5.69 Å². The van der Waals surface area contributed by atoms with Crippen LogP contribution in [0, 0.1) is 25.7 Å². The zero-order chi connectivity index (χ0) is 28.5. The summed E-state index contributed by atoms with van der Waals surface area (Å²) in [6.45, 7) is 18.5. The van der Waals surface area contributed by atoms with Crippen molar-refractivity contribution in [2.45, 2.75) is 79.6 Å². The maximum absolute atomic E-state index is 6.91. The fourth-order valence-electron chi connectivity index (χ4n) is 7.86. The predicted octanol–water partition coefficient (Wildman–Crippen LogP) is 10.2. The first kappa shape index (κ1) is 26.8. The summed E-state index contributed by atoms with van der Waals surface area (Å²) >= 11 is 0. The summed E-state index contributed by atoms with van der Waals surface area (Å²) in [6, 6.07) is 20.7. The lowest BCUT2D eigenvalue weighted by molar-refractivity contribution is -0.660. The van der Waals surface area contributed by atoms with Crippen molar-refractivity contribution in [3.63, 3.8) is 0 Å². The molecular formula is C38H44NO+. The van der Waals surface area contributed by atoms with Gasteiger partial charge in [-0.2, -0.15) is 0 Å². The van der Waals surface area contributed by atoms with Crippen LogP contribution >= 0.6 is 0 Å². The van der Waals surface area contributed by atoms with Crippen LogP contribution in [0.2, 0.25) is 0 Å². The molecule has 0 unspecified atom stereocenters. The first-order chi connectivity index (χ1) is 19.0. The molecule has 2 nitrogen and oxygen atoms in total. The highest BCUT2D eigenvalue weighted by Gasteiger charge is 2.45. The van der Waals surface area contributed by atoms with Crippen molar-refractivity contribution in [1.29, 1.82) is 0 Å². The van der Waals surface area contributed by atoms with E-state index in [0.29, 0.717) is 17.8 Å². The molecule has 206 valence electrons. The Bertz CT molecular complexity index is 1750. The van der Waals surface area contributed by atoms with Crippen LogP contribution in [0.25, 0.3) is 44.3 Å². The van der Waals surface area contributed by atoms with Crippen LogP contribution in [0.3, 0.4) is 0 Å². The molecule has 0 fully saturated rings. The first-order valence-electron chi connectivity index (χ1n) is 15.1. The van der Waals surface area contributed by atoms with E-state index >= 15 is 0 Å².